The average Bonchev–Trinajstić information content (AvgIpc) is 3.38. The number of allylic oxidation sites excluding steroid dienone is 5. The van der Waals surface area contributed by atoms with Crippen LogP contribution in [0.25, 0.3) is 54.9 Å². The molecule has 8 aromatic rings. The van der Waals surface area contributed by atoms with Crippen LogP contribution in [0, 0.1) is 5.92 Å². The fourth-order valence-electron chi connectivity index (χ4n) is 9.26. The molecule has 0 saturated carbocycles. The molecular formula is C62H52N3P. The normalized spacial score (nSPS) is 15.4. The van der Waals surface area contributed by atoms with Crippen molar-refractivity contribution in [3.05, 3.63) is 235 Å². The van der Waals surface area contributed by atoms with Gasteiger partial charge in [-0.1, -0.05) is 225 Å². The van der Waals surface area contributed by atoms with Gasteiger partial charge in [-0.15, -0.1) is 0 Å². The van der Waals surface area contributed by atoms with Gasteiger partial charge >= 0.3 is 0 Å². The molecule has 4 heteroatoms. The molecule has 0 radical (unpaired) electrons. The lowest BCUT2D eigenvalue weighted by Gasteiger charge is -2.20. The van der Waals surface area contributed by atoms with E-state index < -0.39 is 7.92 Å². The fourth-order valence-corrected chi connectivity index (χ4v) is 11.5. The van der Waals surface area contributed by atoms with Gasteiger partial charge in [-0.05, 0) is 129 Å². The van der Waals surface area contributed by atoms with Crippen LogP contribution >= 0.6 is 7.92 Å². The van der Waals surface area contributed by atoms with Gasteiger partial charge in [0.15, 0.2) is 11.7 Å². The topological polar surface area (TPSA) is 37.1 Å². The van der Waals surface area contributed by atoms with Crippen LogP contribution in [0.2, 0.25) is 0 Å². The smallest absolute Gasteiger partial charge is 0.160 e. The molecule has 8 aromatic carbocycles. The third-order valence-electron chi connectivity index (χ3n) is 12.9. The molecular weight excluding hydrogens is 818 g/mol. The lowest BCUT2D eigenvalue weighted by molar-refractivity contribution is 0.734. The number of fused-ring (bicyclic) bond motifs is 2. The third kappa shape index (κ3) is 9.01. The van der Waals surface area contributed by atoms with Crippen LogP contribution < -0.4 is 15.9 Å². The monoisotopic (exact) mass is 869 g/mol. The summed E-state index contributed by atoms with van der Waals surface area (Å²) in [7, 11) is -0.664. The van der Waals surface area contributed by atoms with Crippen molar-refractivity contribution in [3.63, 3.8) is 0 Å². The van der Waals surface area contributed by atoms with E-state index in [-0.39, 0.29) is 0 Å². The molecule has 0 bridgehead atoms. The summed E-state index contributed by atoms with van der Waals surface area (Å²) in [5.74, 6) is 1.86. The van der Waals surface area contributed by atoms with Crippen molar-refractivity contribution in [2.24, 2.45) is 20.9 Å². The Morgan fingerprint density at radius 3 is 1.56 bits per heavy atom. The highest BCUT2D eigenvalue weighted by Crippen LogP contribution is 2.39. The minimum atomic E-state index is -0.664. The van der Waals surface area contributed by atoms with E-state index in [4.69, 9.17) is 9.98 Å². The van der Waals surface area contributed by atoms with Crippen molar-refractivity contribution in [2.75, 3.05) is 0 Å². The molecule has 0 N–H and O–H groups in total. The van der Waals surface area contributed by atoms with Crippen LogP contribution in [-0.2, 0) is 6.54 Å². The maximum absolute atomic E-state index is 5.21. The Kier molecular flexibility index (Phi) is 12.5. The van der Waals surface area contributed by atoms with E-state index in [1.807, 2.05) is 0 Å². The van der Waals surface area contributed by atoms with E-state index >= 15 is 0 Å². The largest absolute Gasteiger partial charge is 0.262 e. The molecule has 0 fully saturated rings. The van der Waals surface area contributed by atoms with E-state index in [2.05, 4.69) is 238 Å². The minimum Gasteiger partial charge on any atom is -0.262 e. The summed E-state index contributed by atoms with van der Waals surface area (Å²) in [6.45, 7) is 8.80. The zero-order valence-corrected chi connectivity index (χ0v) is 38.5. The summed E-state index contributed by atoms with van der Waals surface area (Å²) >= 11 is 0. The van der Waals surface area contributed by atoms with E-state index in [0.29, 0.717) is 18.3 Å². The summed E-state index contributed by atoms with van der Waals surface area (Å²) in [4.78, 5) is 14.7. The molecule has 2 aliphatic rings. The number of nitrogens with zero attached hydrogens (tertiary/aromatic N) is 3. The molecule has 3 nitrogen and oxygen atoms in total. The van der Waals surface area contributed by atoms with Gasteiger partial charge in [-0.2, -0.15) is 0 Å². The Balaban J connectivity index is 0.939. The summed E-state index contributed by atoms with van der Waals surface area (Å²) in [5, 5.41) is 8.96. The van der Waals surface area contributed by atoms with E-state index in [0.717, 1.165) is 41.8 Å². The van der Waals surface area contributed by atoms with Gasteiger partial charge in [0.25, 0.3) is 0 Å². The zero-order chi connectivity index (χ0) is 44.8. The van der Waals surface area contributed by atoms with Crippen molar-refractivity contribution >= 4 is 63.8 Å². The van der Waals surface area contributed by atoms with Gasteiger partial charge in [0, 0.05) is 5.57 Å². The van der Waals surface area contributed by atoms with Crippen molar-refractivity contribution in [1.29, 1.82) is 0 Å². The molecule has 2 aliphatic carbocycles. The molecule has 0 saturated heterocycles. The van der Waals surface area contributed by atoms with Crippen molar-refractivity contribution in [2.45, 2.75) is 39.7 Å². The highest BCUT2D eigenvalue weighted by atomic mass is 31.1. The summed E-state index contributed by atoms with van der Waals surface area (Å²) in [6.07, 6.45) is 13.8. The number of hydrogen-bond donors (Lipinski definition) is 0. The lowest BCUT2D eigenvalue weighted by Crippen LogP contribution is -2.20. The van der Waals surface area contributed by atoms with Crippen LogP contribution in [-0.4, -0.2) is 18.4 Å². The van der Waals surface area contributed by atoms with Crippen LogP contribution in [0.4, 0.5) is 0 Å². The van der Waals surface area contributed by atoms with Crippen molar-refractivity contribution in [3.8, 4) is 33.4 Å². The first-order valence-electron chi connectivity index (χ1n) is 23.0. The van der Waals surface area contributed by atoms with Gasteiger partial charge in [0.1, 0.15) is 0 Å². The minimum absolute atomic E-state index is 0.505. The third-order valence-corrected chi connectivity index (χ3v) is 15.3. The number of benzene rings is 8. The highest BCUT2D eigenvalue weighted by Gasteiger charge is 2.18. The Bertz CT molecular complexity index is 3220. The van der Waals surface area contributed by atoms with E-state index in [1.54, 1.807) is 0 Å². The number of aliphatic imine (C=N–C) groups is 3. The first-order chi connectivity index (χ1) is 32.5. The van der Waals surface area contributed by atoms with Gasteiger partial charge < -0.3 is 0 Å². The van der Waals surface area contributed by atoms with E-state index in [1.165, 1.54) is 76.4 Å². The summed E-state index contributed by atoms with van der Waals surface area (Å²) in [5.41, 5.74) is 11.9. The van der Waals surface area contributed by atoms with Gasteiger partial charge in [-0.3, -0.25) is 4.99 Å². The molecule has 0 spiro atoms. The number of amidine groups is 2. The standard InChI is InChI=1S/C62H52N3P/c1-43-22-26-48(27-23-43)61(63-3)65-62(49-28-24-44(2)25-29-49)64-42-50-36-39-55(58-19-11-10-18-54(50)58)45-30-32-46(33-31-45)56-40-41-57(60-21-13-12-20-59(56)60)47-34-37-53(38-35-47)66(51-14-6-4-7-15-51)52-16-8-5-9-17-52/h4-22,24,26-28,30-41,43H,3,23,25,29,42H2,1-2H3/b64-62-,65-61-. The Labute approximate surface area is 390 Å². The van der Waals surface area contributed by atoms with Gasteiger partial charge in [-0.25, -0.2) is 9.98 Å². The quantitative estimate of drug-likeness (QED) is 0.0746. The molecule has 320 valence electrons. The Hall–Kier alpha value is -7.32. The highest BCUT2D eigenvalue weighted by molar-refractivity contribution is 7.79. The fraction of sp³-hybridized carbons (Fsp3) is 0.113. The molecule has 10 rings (SSSR count). The Morgan fingerprint density at radius 1 is 0.545 bits per heavy atom. The van der Waals surface area contributed by atoms with Crippen LogP contribution in [0.5, 0.6) is 0 Å². The second kappa shape index (κ2) is 19.4. The molecule has 1 atom stereocenters. The van der Waals surface area contributed by atoms with Crippen LogP contribution in [0.3, 0.4) is 0 Å². The van der Waals surface area contributed by atoms with Crippen molar-refractivity contribution < 1.29 is 0 Å². The number of hydrogen-bond acceptors (Lipinski definition) is 1. The van der Waals surface area contributed by atoms with Crippen LogP contribution in [0.15, 0.2) is 244 Å². The summed E-state index contributed by atoms with van der Waals surface area (Å²) in [6, 6.07) is 66.8. The molecule has 0 aliphatic heterocycles. The van der Waals surface area contributed by atoms with Crippen molar-refractivity contribution in [1.82, 2.24) is 0 Å². The molecule has 0 heterocycles. The lowest BCUT2D eigenvalue weighted by atomic mass is 9.90. The van der Waals surface area contributed by atoms with Gasteiger partial charge in [0.05, 0.1) is 6.54 Å². The second-order valence-electron chi connectivity index (χ2n) is 17.3. The van der Waals surface area contributed by atoms with Gasteiger partial charge in [0.2, 0.25) is 0 Å². The molecule has 0 aromatic heterocycles. The second-order valence-corrected chi connectivity index (χ2v) is 19.5. The predicted octanol–water partition coefficient (Wildman–Crippen LogP) is 14.9. The molecule has 66 heavy (non-hydrogen) atoms. The first-order valence-corrected chi connectivity index (χ1v) is 24.3. The predicted molar refractivity (Wildman–Crippen MR) is 287 cm³/mol. The maximum Gasteiger partial charge on any atom is 0.160 e. The molecule has 0 amide bonds. The first kappa shape index (κ1) is 42.6. The van der Waals surface area contributed by atoms with E-state index in [9.17, 15) is 0 Å². The van der Waals surface area contributed by atoms with Crippen LogP contribution in [0.1, 0.15) is 38.7 Å². The maximum atomic E-state index is 5.21. The SMILES string of the molecule is C=N/C(=N\C(=N/Cc1ccc(-c2ccc(-c3ccc(-c4ccc(P(c5ccccc5)c5ccccc5)cc4)c4ccccc34)cc2)c2ccccc12)C1=CC=C(C)CC1)C1=CCC(C)C=C1. The average molecular weight is 870 g/mol. The number of rotatable bonds is 10. The summed E-state index contributed by atoms with van der Waals surface area (Å²) < 4.78 is 0. The zero-order valence-electron chi connectivity index (χ0n) is 37.6. The Morgan fingerprint density at radius 2 is 1.05 bits per heavy atom. The molecule has 1 unspecified atom stereocenters.